The van der Waals surface area contributed by atoms with Crippen LogP contribution < -0.4 is 15.9 Å². The minimum absolute atomic E-state index is 0.956. The van der Waals surface area contributed by atoms with Gasteiger partial charge in [0.15, 0.2) is 0 Å². The van der Waals surface area contributed by atoms with Gasteiger partial charge in [0.2, 0.25) is 0 Å². The molecule has 0 heterocycles. The summed E-state index contributed by atoms with van der Waals surface area (Å²) in [5.74, 6) is 0.956. The van der Waals surface area contributed by atoms with Gasteiger partial charge in [-0.05, 0) is 61.9 Å². The first-order valence-corrected chi connectivity index (χ1v) is 11.6. The highest BCUT2D eigenvalue weighted by atomic mass is 32.1. The van der Waals surface area contributed by atoms with Crippen LogP contribution in [-0.4, -0.2) is 11.9 Å². The molecule has 0 amide bonds. The first-order chi connectivity index (χ1) is 12.3. The van der Waals surface area contributed by atoms with Crippen molar-refractivity contribution in [3.8, 4) is 0 Å². The lowest BCUT2D eigenvalue weighted by atomic mass is 10.2. The fraction of sp³-hybridized carbons (Fsp3) is 0.217. The minimum Gasteiger partial charge on any atom is -0.179 e. The fourth-order valence-corrected chi connectivity index (χ4v) is 8.07. The van der Waals surface area contributed by atoms with E-state index < -0.39 is 7.26 Å². The van der Waals surface area contributed by atoms with Gasteiger partial charge in [0.25, 0.3) is 0 Å². The van der Waals surface area contributed by atoms with Crippen molar-refractivity contribution in [1.29, 1.82) is 0 Å². The lowest BCUT2D eigenvalue weighted by molar-refractivity contribution is 0.905. The summed E-state index contributed by atoms with van der Waals surface area (Å²) in [6.07, 6.45) is 3.57. The molecule has 0 atom stereocenters. The van der Waals surface area contributed by atoms with Gasteiger partial charge in [-0.3, -0.25) is 0 Å². The van der Waals surface area contributed by atoms with Crippen molar-refractivity contribution in [2.24, 2.45) is 0 Å². The molecule has 2 heteroatoms. The number of hydrogen-bond acceptors (Lipinski definition) is 1. The molecule has 0 aliphatic rings. The molecule has 0 aliphatic carbocycles. The van der Waals surface area contributed by atoms with Crippen LogP contribution in [-0.2, 0) is 0 Å². The summed E-state index contributed by atoms with van der Waals surface area (Å²) in [6.45, 7) is 2.16. The zero-order valence-electron chi connectivity index (χ0n) is 14.8. The third-order valence-electron chi connectivity index (χ3n) is 4.77. The Kier molecular flexibility index (Phi) is 6.34. The van der Waals surface area contributed by atoms with E-state index >= 15 is 0 Å². The molecule has 3 aromatic rings. The molecule has 128 valence electrons. The zero-order valence-corrected chi connectivity index (χ0v) is 16.6. The summed E-state index contributed by atoms with van der Waals surface area (Å²) in [4.78, 5) is 0. The van der Waals surface area contributed by atoms with E-state index in [9.17, 15) is 0 Å². The van der Waals surface area contributed by atoms with Crippen molar-refractivity contribution < 1.29 is 0 Å². The van der Waals surface area contributed by atoms with Crippen molar-refractivity contribution in [2.75, 3.05) is 11.9 Å². The van der Waals surface area contributed by atoms with Gasteiger partial charge in [-0.15, -0.1) is 0 Å². The molecule has 0 saturated carbocycles. The van der Waals surface area contributed by atoms with Crippen LogP contribution in [0.1, 0.15) is 18.4 Å². The van der Waals surface area contributed by atoms with E-state index in [1.54, 1.807) is 0 Å². The molecule has 0 fully saturated rings. The summed E-state index contributed by atoms with van der Waals surface area (Å²) in [6, 6.07) is 31.5. The third-order valence-corrected chi connectivity index (χ3v) is 9.61. The highest BCUT2D eigenvalue weighted by Crippen LogP contribution is 2.55. The minimum atomic E-state index is -1.64. The lowest BCUT2D eigenvalue weighted by Crippen LogP contribution is -2.33. The highest BCUT2D eigenvalue weighted by molar-refractivity contribution is 7.95. The predicted octanol–water partition coefficient (Wildman–Crippen LogP) is 5.00. The number of thiol groups is 1. The Hall–Kier alpha value is -1.56. The average Bonchev–Trinajstić information content (AvgIpc) is 2.68. The van der Waals surface area contributed by atoms with E-state index in [1.807, 2.05) is 0 Å². The number of hydrogen-bond donors (Lipinski definition) is 1. The smallest absolute Gasteiger partial charge is 0.112 e. The largest absolute Gasteiger partial charge is 0.179 e. The maximum atomic E-state index is 4.44. The van der Waals surface area contributed by atoms with Gasteiger partial charge in [-0.2, -0.15) is 12.6 Å². The first-order valence-electron chi connectivity index (χ1n) is 8.95. The summed E-state index contributed by atoms with van der Waals surface area (Å²) in [7, 11) is -1.64. The molecule has 3 rings (SSSR count). The Bertz CT molecular complexity index is 727. The van der Waals surface area contributed by atoms with Gasteiger partial charge in [0, 0.05) is 0 Å². The Morgan fingerprint density at radius 2 is 1.12 bits per heavy atom. The monoisotopic (exact) mass is 365 g/mol. The van der Waals surface area contributed by atoms with Crippen LogP contribution in [0.25, 0.3) is 0 Å². The van der Waals surface area contributed by atoms with E-state index in [2.05, 4.69) is 104 Å². The van der Waals surface area contributed by atoms with E-state index in [0.717, 1.165) is 12.2 Å². The Balaban J connectivity index is 2.21. The Morgan fingerprint density at radius 1 is 0.640 bits per heavy atom. The molecule has 0 radical (unpaired) electrons. The van der Waals surface area contributed by atoms with Crippen LogP contribution in [0.15, 0.2) is 84.9 Å². The second kappa shape index (κ2) is 8.70. The highest BCUT2D eigenvalue weighted by Gasteiger charge is 2.44. The van der Waals surface area contributed by atoms with Gasteiger partial charge in [0.05, 0.1) is 6.16 Å². The molecule has 25 heavy (non-hydrogen) atoms. The molecule has 0 nitrogen and oxygen atoms in total. The first kappa shape index (κ1) is 18.2. The zero-order chi connectivity index (χ0) is 17.5. The van der Waals surface area contributed by atoms with E-state index in [4.69, 9.17) is 0 Å². The molecule has 0 bridgehead atoms. The summed E-state index contributed by atoms with van der Waals surface area (Å²) >= 11 is 4.44. The van der Waals surface area contributed by atoms with Crippen molar-refractivity contribution in [3.05, 3.63) is 90.5 Å². The SMILES string of the molecule is Cc1ccc([P+](CCCCS)(c2ccccc2)c2ccccc2)cc1. The maximum absolute atomic E-state index is 4.44. The predicted molar refractivity (Wildman–Crippen MR) is 118 cm³/mol. The second-order valence-electron chi connectivity index (χ2n) is 6.47. The number of benzene rings is 3. The van der Waals surface area contributed by atoms with Crippen LogP contribution in [0.5, 0.6) is 0 Å². The quantitative estimate of drug-likeness (QED) is 0.340. The normalized spacial score (nSPS) is 11.4. The van der Waals surface area contributed by atoms with Crippen molar-refractivity contribution in [1.82, 2.24) is 0 Å². The summed E-state index contributed by atoms with van der Waals surface area (Å²) < 4.78 is 0. The van der Waals surface area contributed by atoms with Gasteiger partial charge in [-0.25, -0.2) is 0 Å². The molecule has 0 aliphatic heterocycles. The Morgan fingerprint density at radius 3 is 1.60 bits per heavy atom. The molecular formula is C23H26PS+. The van der Waals surface area contributed by atoms with Crippen molar-refractivity contribution >= 4 is 35.8 Å². The van der Waals surface area contributed by atoms with Crippen molar-refractivity contribution in [2.45, 2.75) is 19.8 Å². The van der Waals surface area contributed by atoms with E-state index in [-0.39, 0.29) is 0 Å². The second-order valence-corrected chi connectivity index (χ2v) is 10.5. The summed E-state index contributed by atoms with van der Waals surface area (Å²) in [5, 5.41) is 4.43. The molecule has 0 aromatic heterocycles. The van der Waals surface area contributed by atoms with Gasteiger partial charge < -0.3 is 0 Å². The molecular weight excluding hydrogens is 339 g/mol. The maximum Gasteiger partial charge on any atom is 0.112 e. The lowest BCUT2D eigenvalue weighted by Gasteiger charge is -2.27. The molecule has 3 aromatic carbocycles. The van der Waals surface area contributed by atoms with Crippen LogP contribution in [0.4, 0.5) is 0 Å². The van der Waals surface area contributed by atoms with Crippen LogP contribution in [0, 0.1) is 6.92 Å². The number of unbranched alkanes of at least 4 members (excludes halogenated alkanes) is 1. The molecule has 0 saturated heterocycles. The molecule has 0 unspecified atom stereocenters. The topological polar surface area (TPSA) is 0 Å². The molecule has 0 N–H and O–H groups in total. The van der Waals surface area contributed by atoms with Crippen molar-refractivity contribution in [3.63, 3.8) is 0 Å². The van der Waals surface area contributed by atoms with Crippen LogP contribution in [0.3, 0.4) is 0 Å². The average molecular weight is 366 g/mol. The summed E-state index contributed by atoms with van der Waals surface area (Å²) in [5.41, 5.74) is 1.32. The van der Waals surface area contributed by atoms with E-state index in [0.29, 0.717) is 0 Å². The van der Waals surface area contributed by atoms with E-state index in [1.165, 1.54) is 34.1 Å². The van der Waals surface area contributed by atoms with Gasteiger partial charge in [-0.1, -0.05) is 54.1 Å². The van der Waals surface area contributed by atoms with Gasteiger partial charge in [0.1, 0.15) is 23.2 Å². The number of aryl methyl sites for hydroxylation is 1. The number of rotatable bonds is 7. The van der Waals surface area contributed by atoms with Crippen LogP contribution >= 0.6 is 19.9 Å². The Labute approximate surface area is 158 Å². The molecule has 0 spiro atoms. The third kappa shape index (κ3) is 4.00. The fourth-order valence-electron chi connectivity index (χ4n) is 3.46. The standard InChI is InChI=1S/C23H25PS/c1-20-14-16-23(17-15-20)24(18-8-9-19-25,21-10-4-2-5-11-21)22-12-6-3-7-13-22/h2-7,10-17H,8-9,18-19H2,1H3/p+1. The van der Waals surface area contributed by atoms with Crippen LogP contribution in [0.2, 0.25) is 0 Å². The van der Waals surface area contributed by atoms with Gasteiger partial charge >= 0.3 is 0 Å².